The number of rotatable bonds is 5. The van der Waals surface area contributed by atoms with E-state index >= 15 is 0 Å². The lowest BCUT2D eigenvalue weighted by Gasteiger charge is -2.10. The van der Waals surface area contributed by atoms with Gasteiger partial charge in [0.05, 0.1) is 5.25 Å². The van der Waals surface area contributed by atoms with Gasteiger partial charge in [0.2, 0.25) is 11.0 Å². The van der Waals surface area contributed by atoms with Gasteiger partial charge in [-0.2, -0.15) is 0 Å². The lowest BCUT2D eigenvalue weighted by molar-refractivity contribution is -0.115. The fraction of sp³-hybridized carbons (Fsp3) is 0.286. The van der Waals surface area contributed by atoms with E-state index in [9.17, 15) is 4.79 Å². The number of hydrogen-bond donors (Lipinski definition) is 1. The van der Waals surface area contributed by atoms with Crippen LogP contribution in [-0.4, -0.2) is 26.3 Å². The van der Waals surface area contributed by atoms with E-state index in [1.54, 1.807) is 0 Å². The molecule has 0 bridgehead atoms. The van der Waals surface area contributed by atoms with Crippen molar-refractivity contribution in [3.05, 3.63) is 29.3 Å². The molecule has 1 aromatic carbocycles. The zero-order chi connectivity index (χ0) is 15.5. The molecular formula is C14H14N4O2S2. The molecule has 8 heteroatoms. The van der Waals surface area contributed by atoms with Crippen molar-refractivity contribution in [2.75, 3.05) is 5.32 Å². The third-order valence-corrected chi connectivity index (χ3v) is 4.90. The van der Waals surface area contributed by atoms with Crippen LogP contribution in [-0.2, 0) is 4.79 Å². The first kappa shape index (κ1) is 15.0. The highest BCUT2D eigenvalue weighted by atomic mass is 32.2. The number of nitrogens with zero attached hydrogens (tertiary/aromatic N) is 3. The zero-order valence-electron chi connectivity index (χ0n) is 12.1. The van der Waals surface area contributed by atoms with Crippen molar-refractivity contribution in [1.82, 2.24) is 15.2 Å². The Hall–Kier alpha value is -1.93. The highest BCUT2D eigenvalue weighted by Gasteiger charge is 2.22. The predicted octanol–water partition coefficient (Wildman–Crippen LogP) is 3.50. The molecule has 0 radical (unpaired) electrons. The SMILES string of the molecule is CC[C@H](Sc1nc2ccccc2o1)C(=O)Nc1nnc(C)s1. The Kier molecular flexibility index (Phi) is 4.39. The summed E-state index contributed by atoms with van der Waals surface area (Å²) in [5, 5.41) is 12.1. The largest absolute Gasteiger partial charge is 0.431 e. The molecule has 0 saturated carbocycles. The maximum absolute atomic E-state index is 12.3. The van der Waals surface area contributed by atoms with E-state index in [0.29, 0.717) is 16.8 Å². The highest BCUT2D eigenvalue weighted by Crippen LogP contribution is 2.29. The molecule has 1 atom stereocenters. The maximum atomic E-state index is 12.3. The molecule has 0 unspecified atom stereocenters. The van der Waals surface area contributed by atoms with Gasteiger partial charge in [-0.1, -0.05) is 42.2 Å². The summed E-state index contributed by atoms with van der Waals surface area (Å²) in [4.78, 5) is 16.7. The van der Waals surface area contributed by atoms with Crippen molar-refractivity contribution in [3.63, 3.8) is 0 Å². The Morgan fingerprint density at radius 2 is 2.23 bits per heavy atom. The number of nitrogens with one attached hydrogen (secondary N) is 1. The molecule has 3 rings (SSSR count). The van der Waals surface area contributed by atoms with E-state index in [1.165, 1.54) is 23.1 Å². The van der Waals surface area contributed by atoms with Crippen molar-refractivity contribution >= 4 is 45.2 Å². The van der Waals surface area contributed by atoms with Crippen LogP contribution in [0.3, 0.4) is 0 Å². The normalized spacial score (nSPS) is 12.5. The Bertz CT molecular complexity index is 766. The van der Waals surface area contributed by atoms with Crippen LogP contribution in [0.4, 0.5) is 5.13 Å². The van der Waals surface area contributed by atoms with Gasteiger partial charge < -0.3 is 4.42 Å². The minimum absolute atomic E-state index is 0.120. The number of thioether (sulfide) groups is 1. The number of anilines is 1. The summed E-state index contributed by atoms with van der Waals surface area (Å²) in [6.07, 6.45) is 0.660. The molecule has 1 N–H and O–H groups in total. The summed E-state index contributed by atoms with van der Waals surface area (Å²) in [5.74, 6) is -0.120. The van der Waals surface area contributed by atoms with E-state index in [4.69, 9.17) is 4.42 Å². The van der Waals surface area contributed by atoms with Gasteiger partial charge in [-0.05, 0) is 25.5 Å². The van der Waals surface area contributed by atoms with Crippen LogP contribution in [0.25, 0.3) is 11.1 Å². The third kappa shape index (κ3) is 3.28. The number of aromatic nitrogens is 3. The quantitative estimate of drug-likeness (QED) is 0.719. The number of para-hydroxylation sites is 2. The van der Waals surface area contributed by atoms with E-state index in [0.717, 1.165) is 16.1 Å². The zero-order valence-corrected chi connectivity index (χ0v) is 13.7. The molecule has 3 aromatic rings. The molecule has 2 aromatic heterocycles. The Morgan fingerprint density at radius 1 is 1.41 bits per heavy atom. The van der Waals surface area contributed by atoms with E-state index in [2.05, 4.69) is 20.5 Å². The molecule has 0 aliphatic rings. The highest BCUT2D eigenvalue weighted by molar-refractivity contribution is 8.00. The second kappa shape index (κ2) is 6.45. The van der Waals surface area contributed by atoms with Gasteiger partial charge >= 0.3 is 0 Å². The summed E-state index contributed by atoms with van der Waals surface area (Å²) in [6, 6.07) is 7.54. The standard InChI is InChI=1S/C14H14N4O2S2/c1-3-11(12(19)16-13-18-17-8(2)21-13)22-14-15-9-6-4-5-7-10(9)20-14/h4-7,11H,3H2,1-2H3,(H,16,18,19)/t11-/m0/s1. The molecule has 114 valence electrons. The number of aryl methyl sites for hydroxylation is 1. The van der Waals surface area contributed by atoms with Gasteiger partial charge in [-0.15, -0.1) is 10.2 Å². The van der Waals surface area contributed by atoms with E-state index in [1.807, 2.05) is 38.1 Å². The molecule has 22 heavy (non-hydrogen) atoms. The molecule has 6 nitrogen and oxygen atoms in total. The number of oxazole rings is 1. The van der Waals surface area contributed by atoms with Gasteiger partial charge in [0, 0.05) is 0 Å². The van der Waals surface area contributed by atoms with Crippen LogP contribution in [0.1, 0.15) is 18.4 Å². The number of carbonyl (C=O) groups is 1. The number of hydrogen-bond acceptors (Lipinski definition) is 7. The lowest BCUT2D eigenvalue weighted by atomic mass is 10.3. The van der Waals surface area contributed by atoms with Crippen LogP contribution >= 0.6 is 23.1 Å². The fourth-order valence-electron chi connectivity index (χ4n) is 1.88. The molecule has 0 fully saturated rings. The van der Waals surface area contributed by atoms with Gasteiger partial charge in [0.1, 0.15) is 10.5 Å². The van der Waals surface area contributed by atoms with Gasteiger partial charge in [-0.25, -0.2) is 4.98 Å². The minimum Gasteiger partial charge on any atom is -0.431 e. The number of fused-ring (bicyclic) bond motifs is 1. The summed E-state index contributed by atoms with van der Waals surface area (Å²) < 4.78 is 5.65. The monoisotopic (exact) mass is 334 g/mol. The number of amides is 1. The Labute approximate surface area is 135 Å². The summed E-state index contributed by atoms with van der Waals surface area (Å²) in [5.41, 5.74) is 1.51. The third-order valence-electron chi connectivity index (χ3n) is 2.94. The maximum Gasteiger partial charge on any atom is 0.257 e. The summed E-state index contributed by atoms with van der Waals surface area (Å²) >= 11 is 2.67. The van der Waals surface area contributed by atoms with Crippen LogP contribution in [0.2, 0.25) is 0 Å². The van der Waals surface area contributed by atoms with Crippen molar-refractivity contribution in [3.8, 4) is 0 Å². The van der Waals surface area contributed by atoms with E-state index < -0.39 is 0 Å². The molecule has 0 saturated heterocycles. The predicted molar refractivity (Wildman–Crippen MR) is 87.2 cm³/mol. The van der Waals surface area contributed by atoms with Gasteiger partial charge in [0.25, 0.3) is 5.22 Å². The topological polar surface area (TPSA) is 80.9 Å². The minimum atomic E-state index is -0.294. The molecule has 0 aliphatic carbocycles. The van der Waals surface area contributed by atoms with Crippen LogP contribution < -0.4 is 5.32 Å². The summed E-state index contributed by atoms with van der Waals surface area (Å²) in [7, 11) is 0. The fourth-order valence-corrected chi connectivity index (χ4v) is 3.34. The Morgan fingerprint density at radius 3 is 2.91 bits per heavy atom. The average Bonchev–Trinajstić information content (AvgIpc) is 3.10. The van der Waals surface area contributed by atoms with Crippen LogP contribution in [0, 0.1) is 6.92 Å². The summed E-state index contributed by atoms with van der Waals surface area (Å²) in [6.45, 7) is 3.79. The van der Waals surface area contributed by atoms with Crippen molar-refractivity contribution in [1.29, 1.82) is 0 Å². The molecule has 0 aliphatic heterocycles. The lowest BCUT2D eigenvalue weighted by Crippen LogP contribution is -2.24. The first-order chi connectivity index (χ1) is 10.7. The molecular weight excluding hydrogens is 320 g/mol. The second-order valence-corrected chi connectivity index (χ2v) is 6.91. The van der Waals surface area contributed by atoms with Crippen LogP contribution in [0.5, 0.6) is 0 Å². The molecule has 2 heterocycles. The van der Waals surface area contributed by atoms with Crippen molar-refractivity contribution in [2.24, 2.45) is 0 Å². The smallest absolute Gasteiger partial charge is 0.257 e. The first-order valence-electron chi connectivity index (χ1n) is 6.79. The van der Waals surface area contributed by atoms with Gasteiger partial charge in [-0.3, -0.25) is 10.1 Å². The molecule has 1 amide bonds. The molecule has 0 spiro atoms. The second-order valence-electron chi connectivity index (χ2n) is 4.58. The first-order valence-corrected chi connectivity index (χ1v) is 8.48. The Balaban J connectivity index is 1.71. The average molecular weight is 334 g/mol. The van der Waals surface area contributed by atoms with Crippen LogP contribution in [0.15, 0.2) is 33.9 Å². The van der Waals surface area contributed by atoms with E-state index in [-0.39, 0.29) is 11.2 Å². The number of benzene rings is 1. The van der Waals surface area contributed by atoms with Gasteiger partial charge in [0.15, 0.2) is 5.58 Å². The van der Waals surface area contributed by atoms with Crippen molar-refractivity contribution in [2.45, 2.75) is 30.7 Å². The van der Waals surface area contributed by atoms with Crippen molar-refractivity contribution < 1.29 is 9.21 Å². The number of carbonyl (C=O) groups excluding carboxylic acids is 1.